The molecule has 1 N–H and O–H groups in total. The number of hydrogen-bond acceptors (Lipinski definition) is 4. The Morgan fingerprint density at radius 1 is 1.23 bits per heavy atom. The Balaban J connectivity index is 2.18. The molecule has 0 aliphatic carbocycles. The predicted molar refractivity (Wildman–Crippen MR) is 90.0 cm³/mol. The maximum Gasteiger partial charge on any atom is 0.307 e. The van der Waals surface area contributed by atoms with Crippen molar-refractivity contribution in [3.63, 3.8) is 0 Å². The van der Waals surface area contributed by atoms with Crippen molar-refractivity contribution >= 4 is 39.1 Å². The van der Waals surface area contributed by atoms with Crippen molar-refractivity contribution in [1.29, 1.82) is 0 Å². The molecule has 2 aromatic rings. The van der Waals surface area contributed by atoms with Crippen LogP contribution in [0, 0.1) is 6.92 Å². The van der Waals surface area contributed by atoms with Crippen LogP contribution in [-0.2, 0) is 9.53 Å². The highest BCUT2D eigenvalue weighted by molar-refractivity contribution is 9.11. The summed E-state index contributed by atoms with van der Waals surface area (Å²) in [5.41, 5.74) is 1.99. The minimum absolute atomic E-state index is 0.0951. The van der Waals surface area contributed by atoms with Crippen molar-refractivity contribution < 1.29 is 14.3 Å². The largest absolute Gasteiger partial charge is 0.469 e. The van der Waals surface area contributed by atoms with Crippen LogP contribution in [-0.4, -0.2) is 19.0 Å². The molecule has 2 rings (SSSR count). The average Bonchev–Trinajstić information content (AvgIpc) is 2.94. The zero-order valence-electron chi connectivity index (χ0n) is 12.3. The van der Waals surface area contributed by atoms with E-state index >= 15 is 0 Å². The summed E-state index contributed by atoms with van der Waals surface area (Å²) >= 11 is 4.68. The third kappa shape index (κ3) is 4.42. The Morgan fingerprint density at radius 2 is 1.91 bits per heavy atom. The number of esters is 1. The molecule has 1 amide bonds. The van der Waals surface area contributed by atoms with E-state index in [9.17, 15) is 9.59 Å². The molecule has 0 fully saturated rings. The number of benzene rings is 1. The van der Waals surface area contributed by atoms with Crippen molar-refractivity contribution in [2.24, 2.45) is 0 Å². The smallest absolute Gasteiger partial charge is 0.307 e. The molecule has 6 heteroatoms. The first-order valence-electron chi connectivity index (χ1n) is 6.69. The molecule has 0 radical (unpaired) electrons. The molecule has 116 valence electrons. The van der Waals surface area contributed by atoms with E-state index in [-0.39, 0.29) is 18.3 Å². The topological polar surface area (TPSA) is 55.4 Å². The molecule has 1 unspecified atom stereocenters. The van der Waals surface area contributed by atoms with Gasteiger partial charge in [-0.3, -0.25) is 9.59 Å². The number of halogens is 1. The van der Waals surface area contributed by atoms with E-state index in [4.69, 9.17) is 4.74 Å². The minimum Gasteiger partial charge on any atom is -0.469 e. The van der Waals surface area contributed by atoms with Gasteiger partial charge in [-0.2, -0.15) is 0 Å². The SMILES string of the molecule is COC(=O)CC(NC(=O)c1ccc(Br)s1)c1ccc(C)cc1. The summed E-state index contributed by atoms with van der Waals surface area (Å²) in [6.45, 7) is 1.99. The van der Waals surface area contributed by atoms with Gasteiger partial charge in [0.15, 0.2) is 0 Å². The number of rotatable bonds is 5. The number of carbonyl (C=O) groups is 2. The first kappa shape index (κ1) is 16.7. The Labute approximate surface area is 141 Å². The number of nitrogens with one attached hydrogen (secondary N) is 1. The first-order valence-corrected chi connectivity index (χ1v) is 8.30. The van der Waals surface area contributed by atoms with Gasteiger partial charge in [-0.15, -0.1) is 11.3 Å². The van der Waals surface area contributed by atoms with Crippen LogP contribution < -0.4 is 5.32 Å². The number of aryl methyl sites for hydroxylation is 1. The fraction of sp³-hybridized carbons (Fsp3) is 0.250. The monoisotopic (exact) mass is 381 g/mol. The highest BCUT2D eigenvalue weighted by atomic mass is 79.9. The van der Waals surface area contributed by atoms with Crippen molar-refractivity contribution in [1.82, 2.24) is 5.32 Å². The summed E-state index contributed by atoms with van der Waals surface area (Å²) in [6, 6.07) is 10.9. The van der Waals surface area contributed by atoms with Gasteiger partial charge in [0.2, 0.25) is 0 Å². The molecular formula is C16H16BrNO3S. The molecule has 0 saturated carbocycles. The second kappa shape index (κ2) is 7.56. The molecule has 0 saturated heterocycles. The quantitative estimate of drug-likeness (QED) is 0.800. The molecule has 22 heavy (non-hydrogen) atoms. The summed E-state index contributed by atoms with van der Waals surface area (Å²) in [6.07, 6.45) is 0.0951. The van der Waals surface area contributed by atoms with Crippen LogP contribution in [0.5, 0.6) is 0 Å². The van der Waals surface area contributed by atoms with Gasteiger partial charge in [0.25, 0.3) is 5.91 Å². The Morgan fingerprint density at radius 3 is 2.45 bits per heavy atom. The molecule has 0 spiro atoms. The maximum absolute atomic E-state index is 12.3. The Kier molecular flexibility index (Phi) is 5.74. The van der Waals surface area contributed by atoms with Gasteiger partial charge in [0.1, 0.15) is 0 Å². The fourth-order valence-electron chi connectivity index (χ4n) is 1.97. The lowest BCUT2D eigenvalue weighted by atomic mass is 10.0. The van der Waals surface area contributed by atoms with Crippen molar-refractivity contribution in [2.45, 2.75) is 19.4 Å². The molecule has 0 bridgehead atoms. The van der Waals surface area contributed by atoms with Crippen LogP contribution in [0.1, 0.15) is 33.3 Å². The van der Waals surface area contributed by atoms with Gasteiger partial charge < -0.3 is 10.1 Å². The summed E-state index contributed by atoms with van der Waals surface area (Å²) in [5.74, 6) is -0.566. The number of ether oxygens (including phenoxy) is 1. The van der Waals surface area contributed by atoms with Crippen LogP contribution in [0.3, 0.4) is 0 Å². The van der Waals surface area contributed by atoms with Gasteiger partial charge in [-0.25, -0.2) is 0 Å². The average molecular weight is 382 g/mol. The molecular weight excluding hydrogens is 366 g/mol. The summed E-state index contributed by atoms with van der Waals surface area (Å²) in [7, 11) is 1.34. The van der Waals surface area contributed by atoms with Gasteiger partial charge in [-0.1, -0.05) is 29.8 Å². The zero-order valence-corrected chi connectivity index (χ0v) is 14.7. The second-order valence-electron chi connectivity index (χ2n) is 4.82. The second-order valence-corrected chi connectivity index (χ2v) is 7.28. The highest BCUT2D eigenvalue weighted by Crippen LogP contribution is 2.24. The van der Waals surface area contributed by atoms with Crippen LogP contribution in [0.25, 0.3) is 0 Å². The van der Waals surface area contributed by atoms with Gasteiger partial charge in [0.05, 0.1) is 28.2 Å². The summed E-state index contributed by atoms with van der Waals surface area (Å²) in [5, 5.41) is 2.90. The van der Waals surface area contributed by atoms with Crippen molar-refractivity contribution in [2.75, 3.05) is 7.11 Å². The number of carbonyl (C=O) groups excluding carboxylic acids is 2. The number of methoxy groups -OCH3 is 1. The Hall–Kier alpha value is -1.66. The van der Waals surface area contributed by atoms with Gasteiger partial charge in [0, 0.05) is 0 Å². The number of amides is 1. The molecule has 4 nitrogen and oxygen atoms in total. The summed E-state index contributed by atoms with van der Waals surface area (Å²) in [4.78, 5) is 24.5. The van der Waals surface area contributed by atoms with E-state index in [0.29, 0.717) is 4.88 Å². The van der Waals surface area contributed by atoms with E-state index in [0.717, 1.165) is 14.9 Å². The predicted octanol–water partition coefficient (Wildman–Crippen LogP) is 3.85. The molecule has 0 aliphatic rings. The molecule has 1 atom stereocenters. The van der Waals surface area contributed by atoms with Gasteiger partial charge in [-0.05, 0) is 40.5 Å². The van der Waals surface area contributed by atoms with Crippen molar-refractivity contribution in [3.05, 3.63) is 56.2 Å². The van der Waals surface area contributed by atoms with Crippen LogP contribution >= 0.6 is 27.3 Å². The van der Waals surface area contributed by atoms with Crippen molar-refractivity contribution in [3.8, 4) is 0 Å². The fourth-order valence-corrected chi connectivity index (χ4v) is 3.26. The van der Waals surface area contributed by atoms with E-state index in [2.05, 4.69) is 21.2 Å². The molecule has 1 aromatic carbocycles. The van der Waals surface area contributed by atoms with E-state index in [1.54, 1.807) is 6.07 Å². The van der Waals surface area contributed by atoms with Crippen LogP contribution in [0.2, 0.25) is 0 Å². The lowest BCUT2D eigenvalue weighted by Crippen LogP contribution is -2.30. The normalized spacial score (nSPS) is 11.8. The van der Waals surface area contributed by atoms with Crippen LogP contribution in [0.15, 0.2) is 40.2 Å². The van der Waals surface area contributed by atoms with E-state index in [1.165, 1.54) is 18.4 Å². The lowest BCUT2D eigenvalue weighted by Gasteiger charge is -2.18. The summed E-state index contributed by atoms with van der Waals surface area (Å²) < 4.78 is 5.61. The third-order valence-electron chi connectivity index (χ3n) is 3.18. The standard InChI is InChI=1S/C16H16BrNO3S/c1-10-3-5-11(6-4-10)12(9-15(19)21-2)18-16(20)13-7-8-14(17)22-13/h3-8,12H,9H2,1-2H3,(H,18,20). The highest BCUT2D eigenvalue weighted by Gasteiger charge is 2.20. The van der Waals surface area contributed by atoms with E-state index in [1.807, 2.05) is 37.3 Å². The van der Waals surface area contributed by atoms with E-state index < -0.39 is 6.04 Å². The number of thiophene rings is 1. The Bertz CT molecular complexity index is 666. The zero-order chi connectivity index (χ0) is 16.1. The maximum atomic E-state index is 12.3. The van der Waals surface area contributed by atoms with Crippen LogP contribution in [0.4, 0.5) is 0 Å². The lowest BCUT2D eigenvalue weighted by molar-refractivity contribution is -0.141. The molecule has 1 aromatic heterocycles. The third-order valence-corrected chi connectivity index (χ3v) is 4.80. The first-order chi connectivity index (χ1) is 10.5. The minimum atomic E-state index is -0.415. The van der Waals surface area contributed by atoms with Gasteiger partial charge >= 0.3 is 5.97 Å². The molecule has 0 aliphatic heterocycles. The molecule has 1 heterocycles. The number of hydrogen-bond donors (Lipinski definition) is 1.